The van der Waals surface area contributed by atoms with Crippen molar-refractivity contribution in [1.29, 1.82) is 0 Å². The van der Waals surface area contributed by atoms with Crippen LogP contribution in [0, 0.1) is 5.82 Å². The average Bonchev–Trinajstić information content (AvgIpc) is 2.13. The molecule has 1 saturated carbocycles. The van der Waals surface area contributed by atoms with E-state index >= 15 is 0 Å². The molecular formula is C10H11ClFNO. The van der Waals surface area contributed by atoms with Crippen molar-refractivity contribution in [3.05, 3.63) is 23.6 Å². The van der Waals surface area contributed by atoms with Crippen molar-refractivity contribution in [2.45, 2.75) is 31.2 Å². The molecule has 0 spiro atoms. The summed E-state index contributed by atoms with van der Waals surface area (Å²) in [7, 11) is 0. The average molecular weight is 216 g/mol. The van der Waals surface area contributed by atoms with Crippen molar-refractivity contribution >= 4 is 11.6 Å². The van der Waals surface area contributed by atoms with Gasteiger partial charge >= 0.3 is 0 Å². The number of pyridine rings is 1. The van der Waals surface area contributed by atoms with Crippen molar-refractivity contribution in [3.8, 4) is 5.88 Å². The number of rotatable bonds is 3. The molecule has 0 unspecified atom stereocenters. The molecule has 1 heterocycles. The first-order chi connectivity index (χ1) is 6.81. The van der Waals surface area contributed by atoms with Gasteiger partial charge in [-0.3, -0.25) is 0 Å². The number of hydrogen-bond acceptors (Lipinski definition) is 2. The molecule has 1 aliphatic rings. The molecule has 0 saturated heterocycles. The molecule has 0 bridgehead atoms. The molecule has 1 fully saturated rings. The molecule has 1 aliphatic carbocycles. The monoisotopic (exact) mass is 215 g/mol. The molecule has 0 radical (unpaired) electrons. The van der Waals surface area contributed by atoms with Crippen LogP contribution >= 0.6 is 11.6 Å². The van der Waals surface area contributed by atoms with Gasteiger partial charge in [0.2, 0.25) is 0 Å². The number of ether oxygens (including phenoxy) is 1. The molecule has 76 valence electrons. The Morgan fingerprint density at radius 1 is 1.57 bits per heavy atom. The van der Waals surface area contributed by atoms with Crippen LogP contribution in [-0.2, 0) is 5.88 Å². The second-order valence-corrected chi connectivity index (χ2v) is 3.66. The molecule has 0 aliphatic heterocycles. The summed E-state index contributed by atoms with van der Waals surface area (Å²) < 4.78 is 18.9. The Hall–Kier alpha value is -0.830. The van der Waals surface area contributed by atoms with E-state index in [1.165, 1.54) is 6.20 Å². The van der Waals surface area contributed by atoms with E-state index in [0.717, 1.165) is 19.3 Å². The highest BCUT2D eigenvalue weighted by Gasteiger charge is 2.21. The summed E-state index contributed by atoms with van der Waals surface area (Å²) in [4.78, 5) is 3.85. The minimum Gasteiger partial charge on any atom is -0.472 e. The summed E-state index contributed by atoms with van der Waals surface area (Å²) in [5, 5.41) is 0. The van der Waals surface area contributed by atoms with Gasteiger partial charge in [-0.2, -0.15) is 0 Å². The van der Waals surface area contributed by atoms with Crippen LogP contribution < -0.4 is 4.74 Å². The standard InChI is InChI=1S/C10H11ClFNO/c11-6-7-4-5-13-10(9(7)12)14-8-2-1-3-8/h4-5,8H,1-3,6H2. The van der Waals surface area contributed by atoms with E-state index in [-0.39, 0.29) is 17.9 Å². The number of hydrogen-bond donors (Lipinski definition) is 0. The number of aromatic nitrogens is 1. The predicted octanol–water partition coefficient (Wildman–Crippen LogP) is 2.89. The van der Waals surface area contributed by atoms with Crippen LogP contribution in [0.4, 0.5) is 4.39 Å². The fourth-order valence-electron chi connectivity index (χ4n) is 1.29. The SMILES string of the molecule is Fc1c(CCl)ccnc1OC1CCC1. The van der Waals surface area contributed by atoms with Crippen LogP contribution in [-0.4, -0.2) is 11.1 Å². The van der Waals surface area contributed by atoms with E-state index < -0.39 is 5.82 Å². The first kappa shape index (κ1) is 9.71. The first-order valence-corrected chi connectivity index (χ1v) is 5.20. The fraction of sp³-hybridized carbons (Fsp3) is 0.500. The van der Waals surface area contributed by atoms with Gasteiger partial charge in [-0.15, -0.1) is 11.6 Å². The Morgan fingerprint density at radius 2 is 2.36 bits per heavy atom. The Kier molecular flexibility index (Phi) is 2.87. The summed E-state index contributed by atoms with van der Waals surface area (Å²) in [6, 6.07) is 1.57. The second kappa shape index (κ2) is 4.13. The molecule has 0 atom stereocenters. The summed E-state index contributed by atoms with van der Waals surface area (Å²) >= 11 is 5.57. The van der Waals surface area contributed by atoms with Gasteiger partial charge in [-0.05, 0) is 25.3 Å². The molecule has 2 nitrogen and oxygen atoms in total. The zero-order valence-corrected chi connectivity index (χ0v) is 8.43. The highest BCUT2D eigenvalue weighted by atomic mass is 35.5. The van der Waals surface area contributed by atoms with Crippen LogP contribution in [0.2, 0.25) is 0 Å². The summed E-state index contributed by atoms with van der Waals surface area (Å²) in [5.41, 5.74) is 0.441. The van der Waals surface area contributed by atoms with Crippen molar-refractivity contribution in [3.63, 3.8) is 0 Å². The van der Waals surface area contributed by atoms with E-state index in [2.05, 4.69) is 4.98 Å². The lowest BCUT2D eigenvalue weighted by Crippen LogP contribution is -2.25. The summed E-state index contributed by atoms with van der Waals surface area (Å²) in [5.74, 6) is -0.183. The molecule has 4 heteroatoms. The second-order valence-electron chi connectivity index (χ2n) is 3.39. The van der Waals surface area contributed by atoms with Crippen molar-refractivity contribution in [1.82, 2.24) is 4.98 Å². The molecule has 0 amide bonds. The molecule has 14 heavy (non-hydrogen) atoms. The highest BCUT2D eigenvalue weighted by molar-refractivity contribution is 6.17. The van der Waals surface area contributed by atoms with Crippen molar-refractivity contribution < 1.29 is 9.13 Å². The predicted molar refractivity (Wildman–Crippen MR) is 52.0 cm³/mol. The van der Waals surface area contributed by atoms with Gasteiger partial charge < -0.3 is 4.74 Å². The summed E-state index contributed by atoms with van der Waals surface area (Å²) in [6.45, 7) is 0. The van der Waals surface area contributed by atoms with E-state index in [9.17, 15) is 4.39 Å². The van der Waals surface area contributed by atoms with E-state index in [1.54, 1.807) is 6.07 Å². The van der Waals surface area contributed by atoms with Crippen molar-refractivity contribution in [2.75, 3.05) is 0 Å². The maximum Gasteiger partial charge on any atom is 0.250 e. The minimum absolute atomic E-state index is 0.0906. The highest BCUT2D eigenvalue weighted by Crippen LogP contribution is 2.26. The quantitative estimate of drug-likeness (QED) is 0.724. The van der Waals surface area contributed by atoms with Crippen LogP contribution in [0.1, 0.15) is 24.8 Å². The number of nitrogens with zero attached hydrogens (tertiary/aromatic N) is 1. The molecular weight excluding hydrogens is 205 g/mol. The lowest BCUT2D eigenvalue weighted by atomic mass is 9.96. The lowest BCUT2D eigenvalue weighted by Gasteiger charge is -2.25. The number of halogens is 2. The Balaban J connectivity index is 2.15. The van der Waals surface area contributed by atoms with Gasteiger partial charge in [0.05, 0.1) is 5.88 Å². The van der Waals surface area contributed by atoms with Gasteiger partial charge in [-0.25, -0.2) is 9.37 Å². The molecule has 1 aromatic rings. The zero-order valence-electron chi connectivity index (χ0n) is 7.67. The first-order valence-electron chi connectivity index (χ1n) is 4.67. The smallest absolute Gasteiger partial charge is 0.250 e. The van der Waals surface area contributed by atoms with E-state index in [1.807, 2.05) is 0 Å². The maximum absolute atomic E-state index is 13.5. The Bertz CT molecular complexity index is 328. The third-order valence-corrected chi connectivity index (χ3v) is 2.70. The third kappa shape index (κ3) is 1.82. The normalized spacial score (nSPS) is 16.4. The maximum atomic E-state index is 13.5. The zero-order chi connectivity index (χ0) is 9.97. The van der Waals surface area contributed by atoms with Crippen molar-refractivity contribution in [2.24, 2.45) is 0 Å². The van der Waals surface area contributed by atoms with Gasteiger partial charge in [0.25, 0.3) is 5.88 Å². The molecule has 1 aromatic heterocycles. The Labute approximate surface area is 87.1 Å². The van der Waals surface area contributed by atoms with Gasteiger partial charge in [-0.1, -0.05) is 0 Å². The van der Waals surface area contributed by atoms with Gasteiger partial charge in [0.1, 0.15) is 6.10 Å². The largest absolute Gasteiger partial charge is 0.472 e. The molecule has 2 rings (SSSR count). The van der Waals surface area contributed by atoms with E-state index in [4.69, 9.17) is 16.3 Å². The van der Waals surface area contributed by atoms with Crippen LogP contribution in [0.15, 0.2) is 12.3 Å². The van der Waals surface area contributed by atoms with Gasteiger partial charge in [0.15, 0.2) is 5.82 Å². The Morgan fingerprint density at radius 3 is 2.93 bits per heavy atom. The lowest BCUT2D eigenvalue weighted by molar-refractivity contribution is 0.108. The van der Waals surface area contributed by atoms with Crippen LogP contribution in [0.5, 0.6) is 5.88 Å². The van der Waals surface area contributed by atoms with E-state index in [0.29, 0.717) is 5.56 Å². The third-order valence-electron chi connectivity index (χ3n) is 2.41. The van der Waals surface area contributed by atoms with Gasteiger partial charge in [0, 0.05) is 11.8 Å². The fourth-order valence-corrected chi connectivity index (χ4v) is 1.50. The summed E-state index contributed by atoms with van der Waals surface area (Å²) in [6.07, 6.45) is 4.80. The topological polar surface area (TPSA) is 22.1 Å². The molecule has 0 aromatic carbocycles. The van der Waals surface area contributed by atoms with Crippen LogP contribution in [0.3, 0.4) is 0 Å². The minimum atomic E-state index is -0.422. The molecule has 0 N–H and O–H groups in total. The number of alkyl halides is 1. The van der Waals surface area contributed by atoms with Crippen LogP contribution in [0.25, 0.3) is 0 Å².